The molecule has 96 valence electrons. The van der Waals surface area contributed by atoms with E-state index >= 15 is 0 Å². The molecule has 0 bridgehead atoms. The van der Waals surface area contributed by atoms with Crippen molar-refractivity contribution < 1.29 is 0 Å². The minimum Gasteiger partial charge on any atom is -0.357 e. The van der Waals surface area contributed by atoms with E-state index in [9.17, 15) is 0 Å². The molecule has 1 unspecified atom stereocenters. The summed E-state index contributed by atoms with van der Waals surface area (Å²) in [6, 6.07) is 0. The Bertz CT molecular complexity index is 356. The molecule has 5 heteroatoms. The molecule has 0 spiro atoms. The maximum Gasteiger partial charge on any atom is 0.224 e. The van der Waals surface area contributed by atoms with Crippen molar-refractivity contribution in [2.75, 3.05) is 30.4 Å². The van der Waals surface area contributed by atoms with Crippen molar-refractivity contribution in [2.45, 2.75) is 27.2 Å². The summed E-state index contributed by atoms with van der Waals surface area (Å²) in [5, 5.41) is 3.54. The van der Waals surface area contributed by atoms with Crippen LogP contribution in [0.4, 0.5) is 11.8 Å². The van der Waals surface area contributed by atoms with Gasteiger partial charge >= 0.3 is 0 Å². The maximum absolute atomic E-state index is 6.16. The van der Waals surface area contributed by atoms with E-state index in [2.05, 4.69) is 41.0 Å². The number of nitrogens with zero attached hydrogens (tertiary/aromatic N) is 3. The van der Waals surface area contributed by atoms with E-state index in [0.29, 0.717) is 16.9 Å². The van der Waals surface area contributed by atoms with Gasteiger partial charge in [-0.15, -0.1) is 0 Å². The van der Waals surface area contributed by atoms with E-state index in [4.69, 9.17) is 11.6 Å². The first kappa shape index (κ1) is 14.0. The van der Waals surface area contributed by atoms with Gasteiger partial charge in [0.2, 0.25) is 5.95 Å². The molecule has 0 amide bonds. The minimum atomic E-state index is 0.604. The van der Waals surface area contributed by atoms with E-state index < -0.39 is 0 Å². The van der Waals surface area contributed by atoms with E-state index in [1.165, 1.54) is 0 Å². The maximum atomic E-state index is 6.16. The number of rotatable bonds is 6. The fourth-order valence-electron chi connectivity index (χ4n) is 1.57. The van der Waals surface area contributed by atoms with Gasteiger partial charge in [-0.25, -0.2) is 4.98 Å². The molecule has 1 aromatic rings. The highest BCUT2D eigenvalue weighted by Gasteiger charge is 2.14. The van der Waals surface area contributed by atoms with Gasteiger partial charge in [-0.3, -0.25) is 0 Å². The zero-order chi connectivity index (χ0) is 12.8. The van der Waals surface area contributed by atoms with E-state index in [-0.39, 0.29) is 0 Å². The van der Waals surface area contributed by atoms with Gasteiger partial charge in [0.15, 0.2) is 5.82 Å². The molecule has 0 saturated heterocycles. The van der Waals surface area contributed by atoms with Crippen LogP contribution in [-0.2, 0) is 0 Å². The lowest BCUT2D eigenvalue weighted by Crippen LogP contribution is -2.29. The monoisotopic (exact) mass is 256 g/mol. The highest BCUT2D eigenvalue weighted by atomic mass is 35.5. The molecular formula is C12H21ClN4. The van der Waals surface area contributed by atoms with Crippen molar-refractivity contribution in [1.82, 2.24) is 9.97 Å². The Morgan fingerprint density at radius 3 is 2.71 bits per heavy atom. The summed E-state index contributed by atoms with van der Waals surface area (Å²) >= 11 is 6.16. The summed E-state index contributed by atoms with van der Waals surface area (Å²) in [7, 11) is 1.80. The van der Waals surface area contributed by atoms with Crippen LogP contribution in [0.1, 0.15) is 27.2 Å². The number of aromatic nitrogens is 2. The first-order chi connectivity index (χ1) is 8.12. The van der Waals surface area contributed by atoms with Gasteiger partial charge < -0.3 is 10.2 Å². The Balaban J connectivity index is 2.93. The van der Waals surface area contributed by atoms with Crippen molar-refractivity contribution in [2.24, 2.45) is 5.92 Å². The van der Waals surface area contributed by atoms with Gasteiger partial charge in [0.25, 0.3) is 0 Å². The predicted molar refractivity (Wildman–Crippen MR) is 73.9 cm³/mol. The zero-order valence-electron chi connectivity index (χ0n) is 11.0. The molecule has 0 radical (unpaired) electrons. The lowest BCUT2D eigenvalue weighted by molar-refractivity contribution is 0.545. The van der Waals surface area contributed by atoms with Crippen molar-refractivity contribution in [1.29, 1.82) is 0 Å². The normalized spacial score (nSPS) is 12.3. The second-order valence-corrected chi connectivity index (χ2v) is 4.57. The lowest BCUT2D eigenvalue weighted by atomic mass is 10.1. The molecule has 1 rings (SSSR count). The molecule has 1 N–H and O–H groups in total. The molecule has 4 nitrogen and oxygen atoms in total. The standard InChI is InChI=1S/C12H21ClN4/c1-5-9(3)8-17(6-2)11-10(13)7-15-12(14-4)16-11/h7,9H,5-6,8H2,1-4H3,(H,14,15,16). The van der Waals surface area contributed by atoms with Crippen LogP contribution in [0.3, 0.4) is 0 Å². The fourth-order valence-corrected chi connectivity index (χ4v) is 1.78. The molecule has 0 aliphatic heterocycles. The first-order valence-electron chi connectivity index (χ1n) is 6.07. The molecule has 0 aliphatic carbocycles. The summed E-state index contributed by atoms with van der Waals surface area (Å²) in [4.78, 5) is 10.7. The quantitative estimate of drug-likeness (QED) is 0.850. The molecule has 1 atom stereocenters. The zero-order valence-corrected chi connectivity index (χ0v) is 11.8. The van der Waals surface area contributed by atoms with Crippen LogP contribution in [0.2, 0.25) is 5.02 Å². The van der Waals surface area contributed by atoms with Gasteiger partial charge in [-0.2, -0.15) is 4.98 Å². The molecule has 17 heavy (non-hydrogen) atoms. The third-order valence-corrected chi connectivity index (χ3v) is 3.13. The molecule has 1 heterocycles. The second-order valence-electron chi connectivity index (χ2n) is 4.17. The number of hydrogen-bond donors (Lipinski definition) is 1. The first-order valence-corrected chi connectivity index (χ1v) is 6.45. The summed E-state index contributed by atoms with van der Waals surface area (Å²) in [6.07, 6.45) is 2.80. The van der Waals surface area contributed by atoms with Crippen LogP contribution in [0.5, 0.6) is 0 Å². The van der Waals surface area contributed by atoms with Crippen molar-refractivity contribution in [3.63, 3.8) is 0 Å². The molecule has 0 aromatic carbocycles. The Morgan fingerprint density at radius 1 is 1.47 bits per heavy atom. The Hall–Kier alpha value is -1.03. The second kappa shape index (κ2) is 6.64. The van der Waals surface area contributed by atoms with E-state index in [1.807, 2.05) is 0 Å². The highest BCUT2D eigenvalue weighted by molar-refractivity contribution is 6.32. The number of hydrogen-bond acceptors (Lipinski definition) is 4. The van der Waals surface area contributed by atoms with Crippen LogP contribution in [0, 0.1) is 5.92 Å². The lowest BCUT2D eigenvalue weighted by Gasteiger charge is -2.26. The topological polar surface area (TPSA) is 41.1 Å². The van der Waals surface area contributed by atoms with Crippen molar-refractivity contribution in [3.8, 4) is 0 Å². The summed E-state index contributed by atoms with van der Waals surface area (Å²) < 4.78 is 0. The van der Waals surface area contributed by atoms with Gasteiger partial charge in [-0.05, 0) is 12.8 Å². The van der Waals surface area contributed by atoms with Gasteiger partial charge in [0.1, 0.15) is 5.02 Å². The Labute approximate surface area is 108 Å². The molecule has 1 aromatic heterocycles. The van der Waals surface area contributed by atoms with Crippen molar-refractivity contribution in [3.05, 3.63) is 11.2 Å². The van der Waals surface area contributed by atoms with Gasteiger partial charge in [-0.1, -0.05) is 31.9 Å². The summed E-state index contributed by atoms with van der Waals surface area (Å²) in [5.41, 5.74) is 0. The van der Waals surface area contributed by atoms with Crippen LogP contribution < -0.4 is 10.2 Å². The van der Waals surface area contributed by atoms with Crippen LogP contribution in [-0.4, -0.2) is 30.1 Å². The minimum absolute atomic E-state index is 0.604. The summed E-state index contributed by atoms with van der Waals surface area (Å²) in [6.45, 7) is 8.40. The van der Waals surface area contributed by atoms with E-state index in [0.717, 1.165) is 25.3 Å². The van der Waals surface area contributed by atoms with Crippen LogP contribution in [0.25, 0.3) is 0 Å². The highest BCUT2D eigenvalue weighted by Crippen LogP contribution is 2.24. The molecule has 0 aliphatic rings. The van der Waals surface area contributed by atoms with Crippen LogP contribution >= 0.6 is 11.6 Å². The van der Waals surface area contributed by atoms with Crippen LogP contribution in [0.15, 0.2) is 6.20 Å². The van der Waals surface area contributed by atoms with E-state index in [1.54, 1.807) is 13.2 Å². The molecule has 0 saturated carbocycles. The predicted octanol–water partition coefficient (Wildman–Crippen LogP) is 3.04. The SMILES string of the molecule is CCC(C)CN(CC)c1nc(NC)ncc1Cl. The van der Waals surface area contributed by atoms with Crippen molar-refractivity contribution >= 4 is 23.4 Å². The summed E-state index contributed by atoms with van der Waals surface area (Å²) in [5.74, 6) is 2.04. The average molecular weight is 257 g/mol. The fraction of sp³-hybridized carbons (Fsp3) is 0.667. The Morgan fingerprint density at radius 2 is 2.18 bits per heavy atom. The largest absolute Gasteiger partial charge is 0.357 e. The molecular weight excluding hydrogens is 236 g/mol. The smallest absolute Gasteiger partial charge is 0.224 e. The Kier molecular flexibility index (Phi) is 5.48. The number of nitrogens with one attached hydrogen (secondary N) is 1. The van der Waals surface area contributed by atoms with Gasteiger partial charge in [0, 0.05) is 20.1 Å². The third kappa shape index (κ3) is 3.73. The number of anilines is 2. The average Bonchev–Trinajstić information content (AvgIpc) is 2.36. The third-order valence-electron chi connectivity index (χ3n) is 2.86. The number of halogens is 1. The van der Waals surface area contributed by atoms with Gasteiger partial charge in [0.05, 0.1) is 6.20 Å². The molecule has 0 fully saturated rings.